The van der Waals surface area contributed by atoms with Gasteiger partial charge >= 0.3 is 10.8 Å². The summed E-state index contributed by atoms with van der Waals surface area (Å²) in [5, 5.41) is 0.204. The Morgan fingerprint density at radius 2 is 2.12 bits per heavy atom. The fourth-order valence-corrected chi connectivity index (χ4v) is 4.53. The second-order valence-electron chi connectivity index (χ2n) is 5.54. The Morgan fingerprint density at radius 3 is 2.85 bits per heavy atom. The Kier molecular flexibility index (Phi) is 6.20. The Hall–Kier alpha value is -1.58. The lowest BCUT2D eigenvalue weighted by molar-refractivity contribution is -0.139. The number of rotatable bonds is 5. The maximum atomic E-state index is 14.3. The van der Waals surface area contributed by atoms with Crippen molar-refractivity contribution in [2.75, 3.05) is 12.4 Å². The molecule has 0 N–H and O–H groups in total. The molecule has 0 saturated heterocycles. The number of esters is 1. The molecule has 1 aliphatic heterocycles. The van der Waals surface area contributed by atoms with Crippen molar-refractivity contribution in [2.45, 2.75) is 37.8 Å². The molecule has 1 aliphatic rings. The van der Waals surface area contributed by atoms with Gasteiger partial charge in [-0.15, -0.1) is 11.8 Å². The van der Waals surface area contributed by atoms with Crippen LogP contribution in [0.2, 0.25) is 5.02 Å². The fraction of sp³-hybridized carbons (Fsp3) is 0.438. The van der Waals surface area contributed by atoms with Crippen LogP contribution in [-0.4, -0.2) is 27.7 Å². The largest absolute Gasteiger partial charge is 0.465 e. The first-order valence-electron chi connectivity index (χ1n) is 8.12. The average Bonchev–Trinajstić information content (AvgIpc) is 2.93. The number of aromatic nitrogens is 2. The standard InChI is InChI=1S/C16H17ClFN3O3S2/c1-2-24-14(22)9-25-13-8-12(11(18)7-10(13)17)19-15-20-5-3-4-6-21(20)16(23)26-15/h7-8H,2-6,9H2,1H3/b19-15+. The van der Waals surface area contributed by atoms with Crippen molar-refractivity contribution in [3.63, 3.8) is 0 Å². The van der Waals surface area contributed by atoms with E-state index in [2.05, 4.69) is 4.99 Å². The van der Waals surface area contributed by atoms with Gasteiger partial charge in [-0.25, -0.2) is 14.1 Å². The molecule has 0 unspecified atom stereocenters. The highest BCUT2D eigenvalue weighted by Gasteiger charge is 2.15. The van der Waals surface area contributed by atoms with E-state index in [0.717, 1.165) is 35.9 Å². The van der Waals surface area contributed by atoms with Crippen molar-refractivity contribution in [1.82, 2.24) is 9.36 Å². The summed E-state index contributed by atoms with van der Waals surface area (Å²) in [5.74, 6) is -0.874. The fourth-order valence-electron chi connectivity index (χ4n) is 2.57. The van der Waals surface area contributed by atoms with Gasteiger partial charge in [0.15, 0.2) is 0 Å². The molecular weight excluding hydrogens is 401 g/mol. The van der Waals surface area contributed by atoms with E-state index in [1.807, 2.05) is 0 Å². The molecule has 6 nitrogen and oxygen atoms in total. The van der Waals surface area contributed by atoms with Crippen LogP contribution in [0.3, 0.4) is 0 Å². The molecule has 0 amide bonds. The van der Waals surface area contributed by atoms with Gasteiger partial charge in [-0.05, 0) is 43.2 Å². The Labute approximate surface area is 162 Å². The highest BCUT2D eigenvalue weighted by atomic mass is 35.5. The van der Waals surface area contributed by atoms with Gasteiger partial charge in [0.05, 0.1) is 17.4 Å². The number of nitrogens with zero attached hydrogens (tertiary/aromatic N) is 3. The van der Waals surface area contributed by atoms with Crippen LogP contribution in [0.15, 0.2) is 26.8 Å². The SMILES string of the molecule is CCOC(=O)CSc1cc(/N=c2/sc(=O)n3n2CCCC3)c(F)cc1Cl. The summed E-state index contributed by atoms with van der Waals surface area (Å²) < 4.78 is 22.6. The zero-order chi connectivity index (χ0) is 18.7. The zero-order valence-corrected chi connectivity index (χ0v) is 16.4. The molecule has 2 aromatic rings. The first-order valence-corrected chi connectivity index (χ1v) is 10.3. The molecule has 0 fully saturated rings. The predicted octanol–water partition coefficient (Wildman–Crippen LogP) is 3.19. The van der Waals surface area contributed by atoms with Crippen molar-refractivity contribution >= 4 is 46.4 Å². The van der Waals surface area contributed by atoms with Crippen LogP contribution in [0.4, 0.5) is 10.1 Å². The van der Waals surface area contributed by atoms with E-state index >= 15 is 0 Å². The smallest absolute Gasteiger partial charge is 0.325 e. The van der Waals surface area contributed by atoms with Gasteiger partial charge < -0.3 is 4.74 Å². The van der Waals surface area contributed by atoms with Crippen LogP contribution >= 0.6 is 34.7 Å². The second-order valence-corrected chi connectivity index (χ2v) is 7.89. The topological polar surface area (TPSA) is 65.6 Å². The van der Waals surface area contributed by atoms with Crippen LogP contribution in [-0.2, 0) is 22.6 Å². The molecule has 3 rings (SSSR count). The number of ether oxygens (including phenoxy) is 1. The first kappa shape index (κ1) is 19.2. The number of thioether (sulfide) groups is 1. The third-order valence-corrected chi connectivity index (χ3v) is 6.08. The van der Waals surface area contributed by atoms with E-state index in [4.69, 9.17) is 16.3 Å². The summed E-state index contributed by atoms with van der Waals surface area (Å²) >= 11 is 8.22. The minimum atomic E-state index is -0.577. The average molecular weight is 418 g/mol. The molecule has 0 spiro atoms. The van der Waals surface area contributed by atoms with E-state index in [1.54, 1.807) is 16.3 Å². The summed E-state index contributed by atoms with van der Waals surface area (Å²) in [6.45, 7) is 3.35. The molecule has 0 saturated carbocycles. The lowest BCUT2D eigenvalue weighted by Gasteiger charge is -2.15. The van der Waals surface area contributed by atoms with E-state index in [0.29, 0.717) is 29.4 Å². The van der Waals surface area contributed by atoms with E-state index in [1.165, 1.54) is 12.1 Å². The van der Waals surface area contributed by atoms with Gasteiger partial charge in [-0.2, -0.15) is 0 Å². The molecule has 10 heteroatoms. The summed E-state index contributed by atoms with van der Waals surface area (Å²) in [6.07, 6.45) is 1.90. The molecule has 1 aromatic heterocycles. The summed E-state index contributed by atoms with van der Waals surface area (Å²) in [7, 11) is 0. The van der Waals surface area contributed by atoms with Crippen LogP contribution in [0.25, 0.3) is 0 Å². The van der Waals surface area contributed by atoms with Gasteiger partial charge in [0, 0.05) is 18.0 Å². The van der Waals surface area contributed by atoms with Crippen LogP contribution in [0.5, 0.6) is 0 Å². The van der Waals surface area contributed by atoms with Crippen molar-refractivity contribution < 1.29 is 13.9 Å². The monoisotopic (exact) mass is 417 g/mol. The van der Waals surface area contributed by atoms with Crippen LogP contribution in [0, 0.1) is 5.82 Å². The lowest BCUT2D eigenvalue weighted by atomic mass is 10.3. The van der Waals surface area contributed by atoms with Crippen molar-refractivity contribution in [3.05, 3.63) is 37.4 Å². The summed E-state index contributed by atoms with van der Waals surface area (Å²) in [4.78, 5) is 28.8. The number of halogens is 2. The van der Waals surface area contributed by atoms with Crippen LogP contribution < -0.4 is 9.67 Å². The van der Waals surface area contributed by atoms with Crippen molar-refractivity contribution in [2.24, 2.45) is 4.99 Å². The molecule has 0 atom stereocenters. The second kappa shape index (κ2) is 8.41. The number of hydrogen-bond acceptors (Lipinski definition) is 6. The number of benzene rings is 1. The van der Waals surface area contributed by atoms with Gasteiger partial charge in [-0.1, -0.05) is 11.6 Å². The molecule has 0 bridgehead atoms. The quantitative estimate of drug-likeness (QED) is 0.553. The molecular formula is C16H17ClFN3O3S2. The van der Waals surface area contributed by atoms with Crippen LogP contribution in [0.1, 0.15) is 19.8 Å². The van der Waals surface area contributed by atoms with Gasteiger partial charge in [-0.3, -0.25) is 14.3 Å². The number of carbonyl (C=O) groups excluding carboxylic acids is 1. The third-order valence-electron chi connectivity index (χ3n) is 3.76. The van der Waals surface area contributed by atoms with Gasteiger partial charge in [0.1, 0.15) is 11.5 Å². The minimum Gasteiger partial charge on any atom is -0.465 e. The molecule has 1 aromatic carbocycles. The summed E-state index contributed by atoms with van der Waals surface area (Å²) in [6, 6.07) is 2.66. The molecule has 26 heavy (non-hydrogen) atoms. The van der Waals surface area contributed by atoms with E-state index < -0.39 is 5.82 Å². The molecule has 0 radical (unpaired) electrons. The Bertz CT molecular complexity index is 951. The first-order chi connectivity index (χ1) is 12.5. The normalized spacial score (nSPS) is 14.3. The predicted molar refractivity (Wildman–Crippen MR) is 99.8 cm³/mol. The van der Waals surface area contributed by atoms with Gasteiger partial charge in [0.25, 0.3) is 0 Å². The van der Waals surface area contributed by atoms with Crippen molar-refractivity contribution in [1.29, 1.82) is 0 Å². The summed E-state index contributed by atoms with van der Waals surface area (Å²) in [5.41, 5.74) is 0.0866. The highest BCUT2D eigenvalue weighted by Crippen LogP contribution is 2.33. The zero-order valence-electron chi connectivity index (χ0n) is 14.0. The van der Waals surface area contributed by atoms with Crippen molar-refractivity contribution in [3.8, 4) is 0 Å². The van der Waals surface area contributed by atoms with Gasteiger partial charge in [0.2, 0.25) is 4.80 Å². The molecule has 140 valence electrons. The Balaban J connectivity index is 1.95. The third kappa shape index (κ3) is 4.21. The highest BCUT2D eigenvalue weighted by molar-refractivity contribution is 8.00. The number of carbonyl (C=O) groups is 1. The van der Waals surface area contributed by atoms with E-state index in [9.17, 15) is 14.0 Å². The van der Waals surface area contributed by atoms with E-state index in [-0.39, 0.29) is 27.3 Å². The molecule has 0 aliphatic carbocycles. The minimum absolute atomic E-state index is 0.0718. The Morgan fingerprint density at radius 1 is 1.38 bits per heavy atom. The maximum Gasteiger partial charge on any atom is 0.325 e. The number of hydrogen-bond donors (Lipinski definition) is 0. The maximum absolute atomic E-state index is 14.3. The number of fused-ring (bicyclic) bond motifs is 1. The molecule has 2 heterocycles. The lowest BCUT2D eigenvalue weighted by Crippen LogP contribution is -2.31.